The maximum absolute atomic E-state index is 13.7. The summed E-state index contributed by atoms with van der Waals surface area (Å²) in [4.78, 5) is 31.5. The van der Waals surface area contributed by atoms with Crippen LogP contribution in [0.2, 0.25) is 0 Å². The maximum Gasteiger partial charge on any atom is 0.268 e. The molecule has 0 fully saturated rings. The highest BCUT2D eigenvalue weighted by Gasteiger charge is 2.20. The molecule has 0 unspecified atom stereocenters. The minimum Gasteiger partial charge on any atom is -0.352 e. The predicted molar refractivity (Wildman–Crippen MR) is 138 cm³/mol. The molecule has 0 bridgehead atoms. The Hall–Kier alpha value is -4.04. The fourth-order valence-corrected chi connectivity index (χ4v) is 5.09. The zero-order valence-electron chi connectivity index (χ0n) is 19.8. The first-order chi connectivity index (χ1) is 16.9. The molecule has 176 valence electrons. The summed E-state index contributed by atoms with van der Waals surface area (Å²) in [5.41, 5.74) is 6.04. The van der Waals surface area contributed by atoms with Gasteiger partial charge >= 0.3 is 0 Å². The number of benzene rings is 2. The third kappa shape index (κ3) is 4.52. The van der Waals surface area contributed by atoms with Gasteiger partial charge in [0.05, 0.1) is 23.4 Å². The largest absolute Gasteiger partial charge is 0.352 e. The highest BCUT2D eigenvalue weighted by Crippen LogP contribution is 2.23. The van der Waals surface area contributed by atoms with Gasteiger partial charge in [-0.15, -0.1) is 11.3 Å². The third-order valence-corrected chi connectivity index (χ3v) is 6.76. The summed E-state index contributed by atoms with van der Waals surface area (Å²) in [6.45, 7) is 6.26. The topological polar surface area (TPSA) is 81.3 Å². The van der Waals surface area contributed by atoms with Gasteiger partial charge in [0.15, 0.2) is 4.96 Å². The van der Waals surface area contributed by atoms with Crippen LogP contribution in [0.1, 0.15) is 28.2 Å². The number of hydrogen-bond donors (Lipinski definition) is 1. The smallest absolute Gasteiger partial charge is 0.268 e. The molecule has 3 heterocycles. The van der Waals surface area contributed by atoms with Gasteiger partial charge in [-0.2, -0.15) is 5.10 Å². The van der Waals surface area contributed by atoms with E-state index in [0.29, 0.717) is 34.2 Å². The van der Waals surface area contributed by atoms with Crippen molar-refractivity contribution in [3.05, 3.63) is 105 Å². The van der Waals surface area contributed by atoms with Crippen LogP contribution in [0, 0.1) is 20.8 Å². The first-order valence-corrected chi connectivity index (χ1v) is 12.2. The van der Waals surface area contributed by atoms with Crippen LogP contribution in [0.4, 0.5) is 0 Å². The lowest BCUT2D eigenvalue weighted by Gasteiger charge is -2.07. The van der Waals surface area contributed by atoms with Gasteiger partial charge in [-0.1, -0.05) is 42.5 Å². The monoisotopic (exact) mass is 483 g/mol. The molecule has 1 amide bonds. The van der Waals surface area contributed by atoms with E-state index >= 15 is 0 Å². The van der Waals surface area contributed by atoms with Crippen molar-refractivity contribution >= 4 is 22.2 Å². The summed E-state index contributed by atoms with van der Waals surface area (Å²) >= 11 is 1.36. The number of amides is 1. The van der Waals surface area contributed by atoms with Crippen LogP contribution in [0.5, 0.6) is 0 Å². The molecule has 8 heteroatoms. The first kappa shape index (κ1) is 22.7. The maximum atomic E-state index is 13.7. The van der Waals surface area contributed by atoms with Crippen molar-refractivity contribution in [1.82, 2.24) is 24.5 Å². The van der Waals surface area contributed by atoms with Crippen LogP contribution >= 0.6 is 11.3 Å². The summed E-state index contributed by atoms with van der Waals surface area (Å²) in [7, 11) is 0. The number of carbonyl (C=O) groups excluding carboxylic acids is 1. The number of carbonyl (C=O) groups is 1. The fraction of sp³-hybridized carbons (Fsp3) is 0.185. The predicted octanol–water partition coefficient (Wildman–Crippen LogP) is 4.39. The highest BCUT2D eigenvalue weighted by atomic mass is 32.1. The SMILES string of the molecule is Cc1cccc(-n2nc(-c3c(C)nc4scc(CC(=O)NCc5ccccc5)n4c3=O)cc2C)c1. The lowest BCUT2D eigenvalue weighted by molar-refractivity contribution is -0.120. The zero-order valence-corrected chi connectivity index (χ0v) is 20.6. The van der Waals surface area contributed by atoms with E-state index in [4.69, 9.17) is 5.10 Å². The average Bonchev–Trinajstić information content (AvgIpc) is 3.41. The Morgan fingerprint density at radius 3 is 2.60 bits per heavy atom. The molecule has 0 aliphatic heterocycles. The molecule has 3 aromatic heterocycles. The molecule has 2 aromatic carbocycles. The van der Waals surface area contributed by atoms with Crippen molar-refractivity contribution in [2.75, 3.05) is 0 Å². The van der Waals surface area contributed by atoms with E-state index in [0.717, 1.165) is 22.5 Å². The van der Waals surface area contributed by atoms with Crippen molar-refractivity contribution in [1.29, 1.82) is 0 Å². The van der Waals surface area contributed by atoms with Gasteiger partial charge in [-0.25, -0.2) is 9.67 Å². The first-order valence-electron chi connectivity index (χ1n) is 11.3. The van der Waals surface area contributed by atoms with Crippen molar-refractivity contribution in [2.45, 2.75) is 33.7 Å². The Labute approximate surface area is 206 Å². The van der Waals surface area contributed by atoms with Crippen LogP contribution in [0.3, 0.4) is 0 Å². The molecule has 0 aliphatic rings. The number of aryl methyl sites for hydroxylation is 3. The van der Waals surface area contributed by atoms with E-state index in [-0.39, 0.29) is 17.9 Å². The van der Waals surface area contributed by atoms with Crippen molar-refractivity contribution in [3.63, 3.8) is 0 Å². The average molecular weight is 484 g/mol. The summed E-state index contributed by atoms with van der Waals surface area (Å²) in [5, 5.41) is 9.50. The Morgan fingerprint density at radius 2 is 1.83 bits per heavy atom. The molecule has 1 N–H and O–H groups in total. The number of hydrogen-bond acceptors (Lipinski definition) is 5. The molecule has 0 spiro atoms. The number of nitrogens with zero attached hydrogens (tertiary/aromatic N) is 4. The Morgan fingerprint density at radius 1 is 1.03 bits per heavy atom. The summed E-state index contributed by atoms with van der Waals surface area (Å²) in [5.74, 6) is -0.151. The van der Waals surface area contributed by atoms with E-state index in [1.54, 1.807) is 0 Å². The van der Waals surface area contributed by atoms with E-state index < -0.39 is 0 Å². The summed E-state index contributed by atoms with van der Waals surface area (Å²) in [6, 6.07) is 19.7. The second-order valence-corrected chi connectivity index (χ2v) is 9.42. The van der Waals surface area contributed by atoms with Crippen molar-refractivity contribution < 1.29 is 4.79 Å². The van der Waals surface area contributed by atoms with E-state index in [2.05, 4.69) is 16.4 Å². The molecule has 0 radical (unpaired) electrons. The number of rotatable bonds is 6. The van der Waals surface area contributed by atoms with Gasteiger partial charge in [-0.05, 0) is 50.1 Å². The van der Waals surface area contributed by atoms with Crippen LogP contribution in [0.15, 0.2) is 70.8 Å². The van der Waals surface area contributed by atoms with E-state index in [1.807, 2.05) is 85.4 Å². The zero-order chi connectivity index (χ0) is 24.5. The normalized spacial score (nSPS) is 11.2. The molecule has 5 aromatic rings. The second-order valence-electron chi connectivity index (χ2n) is 8.58. The molecule has 0 aliphatic carbocycles. The number of thiazole rings is 1. The number of fused-ring (bicyclic) bond motifs is 1. The molecular formula is C27H25N5O2S. The lowest BCUT2D eigenvalue weighted by Crippen LogP contribution is -2.27. The van der Waals surface area contributed by atoms with E-state index in [9.17, 15) is 9.59 Å². The minimum absolute atomic E-state index is 0.0910. The summed E-state index contributed by atoms with van der Waals surface area (Å²) < 4.78 is 3.37. The van der Waals surface area contributed by atoms with Crippen molar-refractivity contribution in [2.24, 2.45) is 0 Å². The quantitative estimate of drug-likeness (QED) is 0.388. The van der Waals surface area contributed by atoms with E-state index in [1.165, 1.54) is 15.7 Å². The standard InChI is InChI=1S/C27H25N5O2S/c1-17-8-7-11-21(12-17)32-18(2)13-23(30-32)25-19(3)29-27-31(26(25)34)22(16-35-27)14-24(33)28-15-20-9-5-4-6-10-20/h4-13,16H,14-15H2,1-3H3,(H,28,33). The summed E-state index contributed by atoms with van der Waals surface area (Å²) in [6.07, 6.45) is 0.0910. The third-order valence-electron chi connectivity index (χ3n) is 5.88. The molecule has 7 nitrogen and oxygen atoms in total. The Balaban J connectivity index is 1.48. The molecular weight excluding hydrogens is 458 g/mol. The van der Waals surface area contributed by atoms with Gasteiger partial charge in [0.25, 0.3) is 5.56 Å². The van der Waals surface area contributed by atoms with Crippen molar-refractivity contribution in [3.8, 4) is 16.9 Å². The Kier molecular flexibility index (Phi) is 6.05. The molecule has 35 heavy (non-hydrogen) atoms. The van der Waals surface area contributed by atoms with Gasteiger partial charge in [-0.3, -0.25) is 14.0 Å². The molecule has 0 saturated carbocycles. The fourth-order valence-electron chi connectivity index (χ4n) is 4.17. The Bertz CT molecular complexity index is 1600. The molecule has 0 saturated heterocycles. The van der Waals surface area contributed by atoms with Crippen LogP contribution in [-0.2, 0) is 17.8 Å². The molecule has 5 rings (SSSR count). The number of nitrogens with one attached hydrogen (secondary N) is 1. The van der Waals surface area contributed by atoms with Gasteiger partial charge < -0.3 is 5.32 Å². The van der Waals surface area contributed by atoms with Gasteiger partial charge in [0, 0.05) is 23.3 Å². The van der Waals surface area contributed by atoms with Gasteiger partial charge in [0.2, 0.25) is 5.91 Å². The highest BCUT2D eigenvalue weighted by molar-refractivity contribution is 7.15. The van der Waals surface area contributed by atoms with Crippen LogP contribution < -0.4 is 10.9 Å². The molecule has 0 atom stereocenters. The van der Waals surface area contributed by atoms with Gasteiger partial charge in [0.1, 0.15) is 5.69 Å². The van der Waals surface area contributed by atoms with Crippen LogP contribution in [-0.4, -0.2) is 25.1 Å². The lowest BCUT2D eigenvalue weighted by atomic mass is 10.1. The minimum atomic E-state index is -0.214. The van der Waals surface area contributed by atoms with Crippen LogP contribution in [0.25, 0.3) is 21.9 Å². The number of aromatic nitrogens is 4. The second kappa shape index (κ2) is 9.31.